The van der Waals surface area contributed by atoms with Crippen molar-refractivity contribution in [3.63, 3.8) is 0 Å². The maximum Gasteiger partial charge on any atom is 0.241 e. The molecule has 0 spiro atoms. The van der Waals surface area contributed by atoms with Gasteiger partial charge in [-0.05, 0) is 37.6 Å². The van der Waals surface area contributed by atoms with Crippen LogP contribution in [0.3, 0.4) is 0 Å². The number of benzene rings is 1. The molecule has 0 radical (unpaired) electrons. The van der Waals surface area contributed by atoms with Crippen LogP contribution in [0.15, 0.2) is 59.6 Å². The van der Waals surface area contributed by atoms with Crippen molar-refractivity contribution in [3.8, 4) is 11.6 Å². The number of ether oxygens (including phenoxy) is 1. The van der Waals surface area contributed by atoms with Crippen molar-refractivity contribution < 1.29 is 14.1 Å². The molecule has 1 fully saturated rings. The molecule has 0 bridgehead atoms. The van der Waals surface area contributed by atoms with Crippen LogP contribution in [-0.2, 0) is 11.3 Å². The second kappa shape index (κ2) is 8.62. The Labute approximate surface area is 162 Å². The summed E-state index contributed by atoms with van der Waals surface area (Å²) in [5.41, 5.74) is 0.635. The highest BCUT2D eigenvalue weighted by molar-refractivity contribution is 5.94. The molecule has 1 aromatic carbocycles. The Bertz CT molecular complexity index is 884. The SMILES string of the molecule is O=C(Nc1ccc(Oc2ccccc2)nc1)[C@H]1CCCCN1Cc1ncon1. The maximum absolute atomic E-state index is 12.8. The van der Waals surface area contributed by atoms with Crippen LogP contribution in [0.2, 0.25) is 0 Å². The van der Waals surface area contributed by atoms with Gasteiger partial charge in [-0.2, -0.15) is 4.98 Å². The van der Waals surface area contributed by atoms with Crippen LogP contribution >= 0.6 is 0 Å². The van der Waals surface area contributed by atoms with Crippen LogP contribution in [0.1, 0.15) is 25.1 Å². The molecular weight excluding hydrogens is 358 g/mol. The van der Waals surface area contributed by atoms with Gasteiger partial charge in [0.15, 0.2) is 5.82 Å². The molecule has 0 unspecified atom stereocenters. The number of rotatable bonds is 6. The molecule has 1 atom stereocenters. The Kier molecular flexibility index (Phi) is 5.58. The predicted octanol–water partition coefficient (Wildman–Crippen LogP) is 3.25. The highest BCUT2D eigenvalue weighted by atomic mass is 16.5. The number of pyridine rings is 1. The largest absolute Gasteiger partial charge is 0.439 e. The van der Waals surface area contributed by atoms with Crippen LogP contribution in [0.25, 0.3) is 0 Å². The van der Waals surface area contributed by atoms with Gasteiger partial charge in [0.1, 0.15) is 5.75 Å². The van der Waals surface area contributed by atoms with E-state index in [0.717, 1.165) is 25.8 Å². The van der Waals surface area contributed by atoms with Gasteiger partial charge >= 0.3 is 0 Å². The van der Waals surface area contributed by atoms with Gasteiger partial charge in [-0.1, -0.05) is 29.8 Å². The van der Waals surface area contributed by atoms with Gasteiger partial charge in [-0.15, -0.1) is 0 Å². The fourth-order valence-corrected chi connectivity index (χ4v) is 3.27. The van der Waals surface area contributed by atoms with E-state index in [1.54, 1.807) is 18.3 Å². The molecule has 1 saturated heterocycles. The zero-order chi connectivity index (χ0) is 19.2. The minimum Gasteiger partial charge on any atom is -0.439 e. The topological polar surface area (TPSA) is 93.4 Å². The summed E-state index contributed by atoms with van der Waals surface area (Å²) in [5.74, 6) is 1.72. The summed E-state index contributed by atoms with van der Waals surface area (Å²) >= 11 is 0. The summed E-state index contributed by atoms with van der Waals surface area (Å²) in [5, 5.41) is 6.80. The third kappa shape index (κ3) is 4.52. The van der Waals surface area contributed by atoms with Crippen molar-refractivity contribution in [1.29, 1.82) is 0 Å². The van der Waals surface area contributed by atoms with Gasteiger partial charge in [0, 0.05) is 6.07 Å². The fraction of sp³-hybridized carbons (Fsp3) is 0.300. The molecule has 8 nitrogen and oxygen atoms in total. The van der Waals surface area contributed by atoms with E-state index in [0.29, 0.717) is 29.7 Å². The normalized spacial score (nSPS) is 17.2. The molecule has 8 heteroatoms. The minimum absolute atomic E-state index is 0.0540. The highest BCUT2D eigenvalue weighted by Crippen LogP contribution is 2.22. The van der Waals surface area contributed by atoms with Crippen molar-refractivity contribution in [1.82, 2.24) is 20.0 Å². The number of carbonyl (C=O) groups excluding carboxylic acids is 1. The standard InChI is InChI=1S/C20H21N5O3/c26-20(17-8-4-5-11-25(17)13-18-22-14-27-24-18)23-15-9-10-19(21-12-15)28-16-6-2-1-3-7-16/h1-3,6-7,9-10,12,14,17H,4-5,8,11,13H2,(H,23,26)/t17-/m1/s1. The zero-order valence-corrected chi connectivity index (χ0v) is 15.3. The first kappa shape index (κ1) is 18.1. The molecule has 0 saturated carbocycles. The first-order valence-corrected chi connectivity index (χ1v) is 9.27. The van der Waals surface area contributed by atoms with E-state index in [-0.39, 0.29) is 11.9 Å². The Hall–Kier alpha value is -3.26. The van der Waals surface area contributed by atoms with Crippen molar-refractivity contribution in [2.75, 3.05) is 11.9 Å². The van der Waals surface area contributed by atoms with Crippen LogP contribution in [0.5, 0.6) is 11.6 Å². The summed E-state index contributed by atoms with van der Waals surface area (Å²) in [4.78, 5) is 23.2. The van der Waals surface area contributed by atoms with Crippen molar-refractivity contribution >= 4 is 11.6 Å². The lowest BCUT2D eigenvalue weighted by Gasteiger charge is -2.33. The Morgan fingerprint density at radius 3 is 2.82 bits per heavy atom. The van der Waals surface area contributed by atoms with E-state index >= 15 is 0 Å². The summed E-state index contributed by atoms with van der Waals surface area (Å²) in [6.45, 7) is 1.32. The lowest BCUT2D eigenvalue weighted by molar-refractivity contribution is -0.122. The molecule has 1 aliphatic heterocycles. The van der Waals surface area contributed by atoms with Crippen LogP contribution in [-0.4, -0.2) is 38.5 Å². The van der Waals surface area contributed by atoms with Crippen LogP contribution in [0.4, 0.5) is 5.69 Å². The number of nitrogens with zero attached hydrogens (tertiary/aromatic N) is 4. The summed E-state index contributed by atoms with van der Waals surface area (Å²) in [6.07, 6.45) is 5.77. The lowest BCUT2D eigenvalue weighted by Crippen LogP contribution is -2.46. The number of likely N-dealkylation sites (tertiary alicyclic amines) is 1. The summed E-state index contributed by atoms with van der Waals surface area (Å²) < 4.78 is 10.5. The van der Waals surface area contributed by atoms with Crippen LogP contribution in [0, 0.1) is 0 Å². The van der Waals surface area contributed by atoms with Crippen molar-refractivity contribution in [3.05, 3.63) is 60.9 Å². The molecule has 28 heavy (non-hydrogen) atoms. The first-order chi connectivity index (χ1) is 13.8. The average Bonchev–Trinajstić information content (AvgIpc) is 3.24. The van der Waals surface area contributed by atoms with E-state index < -0.39 is 0 Å². The van der Waals surface area contributed by atoms with E-state index in [2.05, 4.69) is 25.3 Å². The summed E-state index contributed by atoms with van der Waals surface area (Å²) in [7, 11) is 0. The van der Waals surface area contributed by atoms with E-state index in [4.69, 9.17) is 9.26 Å². The van der Waals surface area contributed by atoms with Gasteiger partial charge in [0.2, 0.25) is 18.2 Å². The average molecular weight is 379 g/mol. The number of anilines is 1. The molecule has 1 N–H and O–H groups in total. The smallest absolute Gasteiger partial charge is 0.241 e. The van der Waals surface area contributed by atoms with E-state index in [1.807, 2.05) is 30.3 Å². The number of piperidine rings is 1. The van der Waals surface area contributed by atoms with E-state index in [9.17, 15) is 4.79 Å². The van der Waals surface area contributed by atoms with Gasteiger partial charge in [-0.25, -0.2) is 4.98 Å². The highest BCUT2D eigenvalue weighted by Gasteiger charge is 2.29. The molecule has 144 valence electrons. The van der Waals surface area contributed by atoms with E-state index in [1.165, 1.54) is 6.39 Å². The molecular formula is C20H21N5O3. The predicted molar refractivity (Wildman–Crippen MR) is 102 cm³/mol. The van der Waals surface area contributed by atoms with Gasteiger partial charge in [-0.3, -0.25) is 9.69 Å². The number of hydrogen-bond acceptors (Lipinski definition) is 7. The summed E-state index contributed by atoms with van der Waals surface area (Å²) in [6, 6.07) is 12.7. The lowest BCUT2D eigenvalue weighted by atomic mass is 10.0. The van der Waals surface area contributed by atoms with Gasteiger partial charge in [0.05, 0.1) is 24.5 Å². The third-order valence-electron chi connectivity index (χ3n) is 4.64. The number of carbonyl (C=O) groups is 1. The molecule has 3 heterocycles. The maximum atomic E-state index is 12.8. The fourth-order valence-electron chi connectivity index (χ4n) is 3.27. The Morgan fingerprint density at radius 2 is 2.07 bits per heavy atom. The second-order valence-corrected chi connectivity index (χ2v) is 6.62. The third-order valence-corrected chi connectivity index (χ3v) is 4.64. The van der Waals surface area contributed by atoms with Crippen LogP contribution < -0.4 is 10.1 Å². The number of para-hydroxylation sites is 1. The Balaban J connectivity index is 1.37. The van der Waals surface area contributed by atoms with Crippen molar-refractivity contribution in [2.24, 2.45) is 0 Å². The molecule has 2 aromatic heterocycles. The first-order valence-electron chi connectivity index (χ1n) is 9.27. The number of nitrogens with one attached hydrogen (secondary N) is 1. The minimum atomic E-state index is -0.229. The Morgan fingerprint density at radius 1 is 1.18 bits per heavy atom. The van der Waals surface area contributed by atoms with Gasteiger partial charge < -0.3 is 14.6 Å². The number of hydrogen-bond donors (Lipinski definition) is 1. The number of amides is 1. The molecule has 1 amide bonds. The van der Waals surface area contributed by atoms with Crippen molar-refractivity contribution in [2.45, 2.75) is 31.8 Å². The molecule has 4 rings (SSSR count). The molecule has 0 aliphatic carbocycles. The molecule has 3 aromatic rings. The zero-order valence-electron chi connectivity index (χ0n) is 15.3. The molecule has 1 aliphatic rings. The monoisotopic (exact) mass is 379 g/mol. The number of aromatic nitrogens is 3. The van der Waals surface area contributed by atoms with Gasteiger partial charge in [0.25, 0.3) is 0 Å². The second-order valence-electron chi connectivity index (χ2n) is 6.62. The quantitative estimate of drug-likeness (QED) is 0.702.